The van der Waals surface area contributed by atoms with E-state index in [0.29, 0.717) is 0 Å². The van der Waals surface area contributed by atoms with Crippen LogP contribution in [0.1, 0.15) is 54.9 Å². The summed E-state index contributed by atoms with van der Waals surface area (Å²) in [6, 6.07) is 0. The van der Waals surface area contributed by atoms with E-state index in [0.717, 1.165) is 6.42 Å². The zero-order chi connectivity index (χ0) is 12.8. The molecule has 0 amide bonds. The Morgan fingerprint density at radius 3 is 1.81 bits per heavy atom. The molecule has 0 aromatic heterocycles. The Morgan fingerprint density at radius 2 is 1.56 bits per heavy atom. The van der Waals surface area contributed by atoms with Crippen LogP contribution in [0.25, 0.3) is 0 Å². The van der Waals surface area contributed by atoms with Gasteiger partial charge in [0.1, 0.15) is 0 Å². The van der Waals surface area contributed by atoms with Crippen LogP contribution >= 0.6 is 0 Å². The Hall–Kier alpha value is -0.410. The van der Waals surface area contributed by atoms with Crippen molar-refractivity contribution in [3.63, 3.8) is 0 Å². The molecule has 1 aliphatic heterocycles. The van der Waals surface area contributed by atoms with Gasteiger partial charge in [0.25, 0.3) is 5.79 Å². The molecular weight excluding hydrogens is 204 g/mol. The van der Waals surface area contributed by atoms with Crippen LogP contribution in [0.4, 0.5) is 0 Å². The first-order chi connectivity index (χ1) is 7.00. The van der Waals surface area contributed by atoms with Gasteiger partial charge in [-0.25, -0.2) is 0 Å². The summed E-state index contributed by atoms with van der Waals surface area (Å²) in [4.78, 5) is 22.3. The largest absolute Gasteiger partial charge is 0.296 e. The van der Waals surface area contributed by atoms with E-state index >= 15 is 0 Å². The molecule has 0 bridgehead atoms. The van der Waals surface area contributed by atoms with E-state index in [9.17, 15) is 4.79 Å². The van der Waals surface area contributed by atoms with Gasteiger partial charge in [0.2, 0.25) is 5.78 Å². The van der Waals surface area contributed by atoms with Gasteiger partial charge in [-0.3, -0.25) is 4.79 Å². The summed E-state index contributed by atoms with van der Waals surface area (Å²) in [6.45, 7) is 14.2. The van der Waals surface area contributed by atoms with Crippen molar-refractivity contribution in [2.45, 2.75) is 60.7 Å². The lowest BCUT2D eigenvalue weighted by atomic mass is 9.76. The number of ketones is 1. The molecule has 1 saturated heterocycles. The minimum atomic E-state index is -1.00. The fourth-order valence-electron chi connectivity index (χ4n) is 2.08. The molecule has 1 aliphatic rings. The molecule has 1 atom stereocenters. The smallest absolute Gasteiger partial charge is 0.293 e. The number of rotatable bonds is 3. The summed E-state index contributed by atoms with van der Waals surface area (Å²) < 4.78 is 0. The van der Waals surface area contributed by atoms with Crippen molar-refractivity contribution in [2.24, 2.45) is 16.7 Å². The van der Waals surface area contributed by atoms with Gasteiger partial charge in [-0.15, -0.1) is 0 Å². The van der Waals surface area contributed by atoms with Gasteiger partial charge in [0.15, 0.2) is 0 Å². The highest BCUT2D eigenvalue weighted by Gasteiger charge is 2.65. The van der Waals surface area contributed by atoms with Gasteiger partial charge in [-0.2, -0.15) is 9.78 Å². The average Bonchev–Trinajstić information content (AvgIpc) is 2.77. The molecule has 3 heteroatoms. The van der Waals surface area contributed by atoms with Crippen molar-refractivity contribution in [1.82, 2.24) is 0 Å². The third-order valence-corrected chi connectivity index (χ3v) is 2.93. The fraction of sp³-hybridized carbons (Fsp3) is 0.923. The third kappa shape index (κ3) is 2.64. The lowest BCUT2D eigenvalue weighted by Crippen LogP contribution is -2.42. The molecule has 94 valence electrons. The van der Waals surface area contributed by atoms with Crippen LogP contribution in [0, 0.1) is 16.7 Å². The van der Waals surface area contributed by atoms with Crippen LogP contribution in [0.2, 0.25) is 0 Å². The first kappa shape index (κ1) is 13.7. The summed E-state index contributed by atoms with van der Waals surface area (Å²) >= 11 is 0. The minimum absolute atomic E-state index is 0.0401. The predicted octanol–water partition coefficient (Wildman–Crippen LogP) is 3.33. The van der Waals surface area contributed by atoms with Crippen LogP contribution < -0.4 is 0 Å². The van der Waals surface area contributed by atoms with Crippen molar-refractivity contribution in [1.29, 1.82) is 0 Å². The second-order valence-electron chi connectivity index (χ2n) is 7.06. The maximum Gasteiger partial charge on any atom is 0.296 e. The second kappa shape index (κ2) is 3.81. The first-order valence-corrected chi connectivity index (χ1v) is 5.91. The van der Waals surface area contributed by atoms with Gasteiger partial charge >= 0.3 is 0 Å². The molecule has 0 aromatic rings. The highest BCUT2D eigenvalue weighted by Crippen LogP contribution is 2.48. The number of hydrogen-bond donors (Lipinski definition) is 0. The Morgan fingerprint density at radius 1 is 1.12 bits per heavy atom. The van der Waals surface area contributed by atoms with Crippen molar-refractivity contribution in [2.75, 3.05) is 0 Å². The first-order valence-electron chi connectivity index (χ1n) is 5.91. The molecule has 1 rings (SSSR count). The van der Waals surface area contributed by atoms with Gasteiger partial charge in [0, 0.05) is 11.3 Å². The molecule has 1 fully saturated rings. The normalized spacial score (nSPS) is 21.7. The third-order valence-electron chi connectivity index (χ3n) is 2.93. The molecule has 0 aliphatic carbocycles. The van der Waals surface area contributed by atoms with Crippen molar-refractivity contribution >= 4 is 5.78 Å². The van der Waals surface area contributed by atoms with E-state index in [1.807, 2.05) is 27.7 Å². The molecule has 16 heavy (non-hydrogen) atoms. The lowest BCUT2D eigenvalue weighted by Gasteiger charge is -2.27. The van der Waals surface area contributed by atoms with E-state index in [4.69, 9.17) is 9.78 Å². The van der Waals surface area contributed by atoms with E-state index in [2.05, 4.69) is 20.8 Å². The Labute approximate surface area is 98.4 Å². The van der Waals surface area contributed by atoms with Gasteiger partial charge in [-0.1, -0.05) is 48.5 Å². The van der Waals surface area contributed by atoms with Gasteiger partial charge in [-0.05, 0) is 11.8 Å². The van der Waals surface area contributed by atoms with Crippen molar-refractivity contribution < 1.29 is 14.6 Å². The molecule has 0 saturated carbocycles. The standard InChI is InChI=1S/C13H24O3/c1-9(8-11(2,3)4)10(14)13(15-16-13)12(5,6)7/h9H,8H2,1-7H3. The molecule has 0 spiro atoms. The topological polar surface area (TPSA) is 42.1 Å². The Bertz CT molecular complexity index is 277. The van der Waals surface area contributed by atoms with Gasteiger partial charge < -0.3 is 0 Å². The van der Waals surface area contributed by atoms with E-state index in [1.165, 1.54) is 0 Å². The molecule has 0 radical (unpaired) electrons. The van der Waals surface area contributed by atoms with Crippen molar-refractivity contribution in [3.05, 3.63) is 0 Å². The van der Waals surface area contributed by atoms with Crippen LogP contribution in [-0.2, 0) is 14.6 Å². The zero-order valence-electron chi connectivity index (χ0n) is 11.5. The lowest BCUT2D eigenvalue weighted by molar-refractivity contribution is -0.133. The maximum atomic E-state index is 12.3. The quantitative estimate of drug-likeness (QED) is 0.549. The summed E-state index contributed by atoms with van der Waals surface area (Å²) in [6.07, 6.45) is 0.844. The van der Waals surface area contributed by atoms with Crippen LogP contribution in [0.3, 0.4) is 0 Å². The Kier molecular flexibility index (Phi) is 3.25. The van der Waals surface area contributed by atoms with Crippen LogP contribution in [0.5, 0.6) is 0 Å². The van der Waals surface area contributed by atoms with Crippen LogP contribution in [-0.4, -0.2) is 11.6 Å². The van der Waals surface area contributed by atoms with Gasteiger partial charge in [0.05, 0.1) is 0 Å². The molecule has 1 heterocycles. The van der Waals surface area contributed by atoms with E-state index in [-0.39, 0.29) is 22.5 Å². The average molecular weight is 228 g/mol. The fourth-order valence-corrected chi connectivity index (χ4v) is 2.08. The molecular formula is C13H24O3. The minimum Gasteiger partial charge on any atom is -0.293 e. The molecule has 3 nitrogen and oxygen atoms in total. The highest BCUT2D eigenvalue weighted by molar-refractivity contribution is 5.89. The molecule has 0 aromatic carbocycles. The number of Topliss-reactive ketones (excluding diaryl/α,β-unsaturated/α-hetero) is 1. The maximum absolute atomic E-state index is 12.3. The van der Waals surface area contributed by atoms with E-state index in [1.54, 1.807) is 0 Å². The number of carbonyl (C=O) groups excluding carboxylic acids is 1. The van der Waals surface area contributed by atoms with E-state index < -0.39 is 5.79 Å². The summed E-state index contributed by atoms with van der Waals surface area (Å²) in [5.74, 6) is -0.978. The van der Waals surface area contributed by atoms with Crippen LogP contribution in [0.15, 0.2) is 0 Å². The summed E-state index contributed by atoms with van der Waals surface area (Å²) in [7, 11) is 0. The SMILES string of the molecule is CC(CC(C)(C)C)C(=O)C1(C(C)(C)C)OO1. The highest BCUT2D eigenvalue weighted by atomic mass is 17.4. The number of carbonyl (C=O) groups is 1. The zero-order valence-corrected chi connectivity index (χ0v) is 11.5. The molecule has 0 N–H and O–H groups in total. The second-order valence-corrected chi connectivity index (χ2v) is 7.06. The monoisotopic (exact) mass is 228 g/mol. The summed E-state index contributed by atoms with van der Waals surface area (Å²) in [5, 5.41) is 0. The predicted molar refractivity (Wildman–Crippen MR) is 62.6 cm³/mol. The summed E-state index contributed by atoms with van der Waals surface area (Å²) in [5.41, 5.74) is -0.167. The molecule has 1 unspecified atom stereocenters. The number of hydrogen-bond acceptors (Lipinski definition) is 3. The van der Waals surface area contributed by atoms with Crippen molar-refractivity contribution in [3.8, 4) is 0 Å². The Balaban J connectivity index is 2.73.